The SMILES string of the molecule is CC(C)Oc1ccc(-c2nc3c(=O)[nH]c(NC(=O)C(C)C)nc3n2COCCOC(=O)C(C)C)cc1. The van der Waals surface area contributed by atoms with Gasteiger partial charge in [-0.05, 0) is 38.1 Å². The molecule has 0 saturated heterocycles. The molecule has 0 radical (unpaired) electrons. The van der Waals surface area contributed by atoms with Crippen molar-refractivity contribution in [2.75, 3.05) is 18.5 Å². The van der Waals surface area contributed by atoms with Crippen LogP contribution in [0, 0.1) is 11.8 Å². The standard InChI is InChI=1S/C25H33N5O6/c1-14(2)22(31)28-25-27-21-19(23(32)29-25)26-20(17-7-9-18(10-8-17)36-16(5)6)30(21)13-34-11-12-35-24(33)15(3)4/h7-10,14-16H,11-13H2,1-6H3,(H2,27,28,29,31,32). The van der Waals surface area contributed by atoms with Gasteiger partial charge in [0.25, 0.3) is 5.56 Å². The van der Waals surface area contributed by atoms with Crippen molar-refractivity contribution in [3.8, 4) is 17.1 Å². The highest BCUT2D eigenvalue weighted by Gasteiger charge is 2.19. The number of aromatic nitrogens is 4. The number of carbonyl (C=O) groups is 2. The second-order valence-electron chi connectivity index (χ2n) is 9.14. The Balaban J connectivity index is 1.94. The molecule has 3 rings (SSSR count). The first-order valence-electron chi connectivity index (χ1n) is 11.9. The van der Waals surface area contributed by atoms with Crippen LogP contribution in [0.25, 0.3) is 22.6 Å². The van der Waals surface area contributed by atoms with Gasteiger partial charge in [-0.15, -0.1) is 0 Å². The fourth-order valence-electron chi connectivity index (χ4n) is 3.15. The van der Waals surface area contributed by atoms with E-state index in [1.54, 1.807) is 32.3 Å². The van der Waals surface area contributed by atoms with Crippen molar-refractivity contribution in [3.63, 3.8) is 0 Å². The molecule has 1 amide bonds. The Morgan fingerprint density at radius 3 is 2.31 bits per heavy atom. The molecular weight excluding hydrogens is 466 g/mol. The lowest BCUT2D eigenvalue weighted by molar-refractivity contribution is -0.149. The number of nitrogens with zero attached hydrogens (tertiary/aromatic N) is 3. The highest BCUT2D eigenvalue weighted by molar-refractivity contribution is 5.91. The van der Waals surface area contributed by atoms with Gasteiger partial charge < -0.3 is 14.2 Å². The summed E-state index contributed by atoms with van der Waals surface area (Å²) in [5, 5.41) is 2.61. The molecule has 0 aliphatic rings. The number of ether oxygens (including phenoxy) is 3. The maximum atomic E-state index is 12.8. The molecule has 0 saturated carbocycles. The van der Waals surface area contributed by atoms with E-state index in [9.17, 15) is 14.4 Å². The smallest absolute Gasteiger partial charge is 0.308 e. The third kappa shape index (κ3) is 6.69. The highest BCUT2D eigenvalue weighted by atomic mass is 16.6. The zero-order chi connectivity index (χ0) is 26.4. The minimum absolute atomic E-state index is 0.0106. The fourth-order valence-corrected chi connectivity index (χ4v) is 3.15. The molecule has 2 N–H and O–H groups in total. The second kappa shape index (κ2) is 11.8. The summed E-state index contributed by atoms with van der Waals surface area (Å²) >= 11 is 0. The van der Waals surface area contributed by atoms with Crippen molar-refractivity contribution < 1.29 is 23.8 Å². The zero-order valence-electron chi connectivity index (χ0n) is 21.5. The molecule has 1 aromatic carbocycles. The maximum absolute atomic E-state index is 12.8. The van der Waals surface area contributed by atoms with Crippen molar-refractivity contribution in [1.82, 2.24) is 19.5 Å². The molecule has 0 unspecified atom stereocenters. The normalized spacial score (nSPS) is 11.5. The Labute approximate surface area is 209 Å². The lowest BCUT2D eigenvalue weighted by atomic mass is 10.2. The first kappa shape index (κ1) is 26.9. The van der Waals surface area contributed by atoms with Crippen molar-refractivity contribution in [2.24, 2.45) is 11.8 Å². The van der Waals surface area contributed by atoms with Gasteiger partial charge in [-0.1, -0.05) is 27.7 Å². The monoisotopic (exact) mass is 499 g/mol. The molecule has 0 aliphatic carbocycles. The van der Waals surface area contributed by atoms with E-state index in [2.05, 4.69) is 20.3 Å². The number of benzene rings is 1. The van der Waals surface area contributed by atoms with Crippen LogP contribution in [0.4, 0.5) is 5.95 Å². The van der Waals surface area contributed by atoms with E-state index in [4.69, 9.17) is 14.2 Å². The molecule has 0 fully saturated rings. The number of hydrogen-bond donors (Lipinski definition) is 2. The second-order valence-corrected chi connectivity index (χ2v) is 9.14. The molecule has 0 aliphatic heterocycles. The Bertz CT molecular complexity index is 1260. The van der Waals surface area contributed by atoms with E-state index < -0.39 is 5.56 Å². The van der Waals surface area contributed by atoms with Gasteiger partial charge in [0.2, 0.25) is 11.9 Å². The molecule has 0 spiro atoms. The zero-order valence-corrected chi connectivity index (χ0v) is 21.5. The van der Waals surface area contributed by atoms with Gasteiger partial charge >= 0.3 is 5.97 Å². The molecular formula is C25H33N5O6. The van der Waals surface area contributed by atoms with Crippen LogP contribution in [-0.4, -0.2) is 50.7 Å². The summed E-state index contributed by atoms with van der Waals surface area (Å²) in [6.07, 6.45) is 0.0286. The third-order valence-electron chi connectivity index (χ3n) is 5.02. The average Bonchev–Trinajstić information content (AvgIpc) is 3.17. The van der Waals surface area contributed by atoms with Crippen LogP contribution >= 0.6 is 0 Å². The largest absolute Gasteiger partial charge is 0.491 e. The number of rotatable bonds is 11. The number of hydrogen-bond acceptors (Lipinski definition) is 8. The van der Waals surface area contributed by atoms with Gasteiger partial charge in [0.15, 0.2) is 11.2 Å². The summed E-state index contributed by atoms with van der Waals surface area (Å²) < 4.78 is 18.2. The van der Waals surface area contributed by atoms with Crippen molar-refractivity contribution in [3.05, 3.63) is 34.6 Å². The van der Waals surface area contributed by atoms with E-state index in [0.29, 0.717) is 17.1 Å². The number of carbonyl (C=O) groups excluding carboxylic acids is 2. The van der Waals surface area contributed by atoms with E-state index in [1.165, 1.54) is 0 Å². The van der Waals surface area contributed by atoms with Crippen LogP contribution < -0.4 is 15.6 Å². The summed E-state index contributed by atoms with van der Waals surface area (Å²) in [5.74, 6) is 0.0510. The maximum Gasteiger partial charge on any atom is 0.308 e. The summed E-state index contributed by atoms with van der Waals surface area (Å²) in [4.78, 5) is 48.1. The number of imidazole rings is 1. The van der Waals surface area contributed by atoms with Crippen molar-refractivity contribution in [1.29, 1.82) is 0 Å². The summed E-state index contributed by atoms with van der Waals surface area (Å²) in [5.41, 5.74) is 0.565. The van der Waals surface area contributed by atoms with E-state index in [1.807, 2.05) is 38.1 Å². The molecule has 0 atom stereocenters. The molecule has 11 heteroatoms. The molecule has 2 aromatic heterocycles. The van der Waals surface area contributed by atoms with Gasteiger partial charge in [0, 0.05) is 11.5 Å². The lowest BCUT2D eigenvalue weighted by Crippen LogP contribution is -2.22. The van der Waals surface area contributed by atoms with Crippen LogP contribution in [0.15, 0.2) is 29.1 Å². The summed E-state index contributed by atoms with van der Waals surface area (Å²) in [6.45, 7) is 11.1. The number of nitrogens with one attached hydrogen (secondary N) is 2. The molecule has 11 nitrogen and oxygen atoms in total. The minimum Gasteiger partial charge on any atom is -0.491 e. The van der Waals surface area contributed by atoms with Crippen molar-refractivity contribution in [2.45, 2.75) is 54.4 Å². The molecule has 36 heavy (non-hydrogen) atoms. The number of anilines is 1. The van der Waals surface area contributed by atoms with Crippen LogP contribution in [0.5, 0.6) is 5.75 Å². The summed E-state index contributed by atoms with van der Waals surface area (Å²) in [7, 11) is 0. The highest BCUT2D eigenvalue weighted by Crippen LogP contribution is 2.25. The Hall–Kier alpha value is -3.73. The van der Waals surface area contributed by atoms with Gasteiger partial charge in [-0.3, -0.25) is 29.3 Å². The summed E-state index contributed by atoms with van der Waals surface area (Å²) in [6, 6.07) is 7.29. The van der Waals surface area contributed by atoms with E-state index in [0.717, 1.165) is 0 Å². The number of amides is 1. The fraction of sp³-hybridized carbons (Fsp3) is 0.480. The number of aromatic amines is 1. The first-order valence-corrected chi connectivity index (χ1v) is 11.9. The predicted molar refractivity (Wildman–Crippen MR) is 135 cm³/mol. The van der Waals surface area contributed by atoms with Crippen LogP contribution in [-0.2, 0) is 25.8 Å². The van der Waals surface area contributed by atoms with Gasteiger partial charge in [-0.2, -0.15) is 4.98 Å². The van der Waals surface area contributed by atoms with Crippen LogP contribution in [0.3, 0.4) is 0 Å². The van der Waals surface area contributed by atoms with Gasteiger partial charge in [0.1, 0.15) is 24.9 Å². The van der Waals surface area contributed by atoms with Gasteiger partial charge in [0.05, 0.1) is 18.6 Å². The average molecular weight is 500 g/mol. The molecule has 2 heterocycles. The minimum atomic E-state index is -0.496. The Morgan fingerprint density at radius 1 is 1.00 bits per heavy atom. The lowest BCUT2D eigenvalue weighted by Gasteiger charge is -2.12. The van der Waals surface area contributed by atoms with E-state index >= 15 is 0 Å². The quantitative estimate of drug-likeness (QED) is 0.303. The molecule has 0 bridgehead atoms. The van der Waals surface area contributed by atoms with Gasteiger partial charge in [-0.25, -0.2) is 4.98 Å². The number of H-pyrrole nitrogens is 1. The molecule has 3 aromatic rings. The predicted octanol–water partition coefficient (Wildman–Crippen LogP) is 3.34. The Morgan fingerprint density at radius 2 is 1.69 bits per heavy atom. The first-order chi connectivity index (χ1) is 17.1. The number of esters is 1. The Kier molecular flexibility index (Phi) is 8.81. The topological polar surface area (TPSA) is 137 Å². The van der Waals surface area contributed by atoms with Crippen molar-refractivity contribution >= 4 is 29.0 Å². The van der Waals surface area contributed by atoms with Crippen LogP contribution in [0.1, 0.15) is 41.5 Å². The third-order valence-corrected chi connectivity index (χ3v) is 5.02. The number of fused-ring (bicyclic) bond motifs is 1. The van der Waals surface area contributed by atoms with Crippen LogP contribution in [0.2, 0.25) is 0 Å². The molecule has 194 valence electrons. The van der Waals surface area contributed by atoms with E-state index in [-0.39, 0.29) is 66.9 Å².